The zero-order chi connectivity index (χ0) is 17.0. The van der Waals surface area contributed by atoms with Crippen LogP contribution in [0, 0.1) is 6.92 Å². The SMILES string of the molecule is COCCCNS(=O)(=O)c1cc(C)cc(C(C)(C)C)c1OC. The van der Waals surface area contributed by atoms with Gasteiger partial charge in [-0.3, -0.25) is 0 Å². The number of methoxy groups -OCH3 is 2. The smallest absolute Gasteiger partial charge is 0.244 e. The summed E-state index contributed by atoms with van der Waals surface area (Å²) in [5.74, 6) is 0.414. The fourth-order valence-corrected chi connectivity index (χ4v) is 3.55. The summed E-state index contributed by atoms with van der Waals surface area (Å²) in [6, 6.07) is 3.62. The first-order valence-corrected chi connectivity index (χ1v) is 8.79. The predicted octanol–water partition coefficient (Wildman–Crippen LogP) is 2.62. The van der Waals surface area contributed by atoms with Crippen LogP contribution in [0.4, 0.5) is 0 Å². The van der Waals surface area contributed by atoms with E-state index in [1.54, 1.807) is 13.2 Å². The molecule has 1 aromatic rings. The lowest BCUT2D eigenvalue weighted by atomic mass is 9.85. The maximum atomic E-state index is 12.6. The average Bonchev–Trinajstić information content (AvgIpc) is 2.41. The Balaban J connectivity index is 3.26. The molecule has 1 aromatic carbocycles. The quantitative estimate of drug-likeness (QED) is 0.781. The summed E-state index contributed by atoms with van der Waals surface area (Å²) in [5.41, 5.74) is 1.56. The van der Waals surface area contributed by atoms with Crippen LogP contribution in [0.1, 0.15) is 38.3 Å². The van der Waals surface area contributed by atoms with E-state index in [2.05, 4.69) is 4.72 Å². The molecule has 6 heteroatoms. The summed E-state index contributed by atoms with van der Waals surface area (Å²) < 4.78 is 38.1. The molecule has 0 unspecified atom stereocenters. The lowest BCUT2D eigenvalue weighted by molar-refractivity contribution is 0.196. The summed E-state index contributed by atoms with van der Waals surface area (Å²) in [6.07, 6.45) is 0.621. The van der Waals surface area contributed by atoms with Gasteiger partial charge in [0.1, 0.15) is 10.6 Å². The predicted molar refractivity (Wildman–Crippen MR) is 88.1 cm³/mol. The minimum absolute atomic E-state index is 0.192. The minimum atomic E-state index is -3.62. The van der Waals surface area contributed by atoms with Crippen molar-refractivity contribution in [2.75, 3.05) is 27.4 Å². The van der Waals surface area contributed by atoms with Crippen molar-refractivity contribution in [1.82, 2.24) is 4.72 Å². The van der Waals surface area contributed by atoms with Crippen LogP contribution < -0.4 is 9.46 Å². The number of rotatable bonds is 7. The van der Waals surface area contributed by atoms with E-state index in [1.165, 1.54) is 7.11 Å². The number of sulfonamides is 1. The van der Waals surface area contributed by atoms with Gasteiger partial charge in [-0.2, -0.15) is 0 Å². The Hall–Kier alpha value is -1.11. The summed E-state index contributed by atoms with van der Waals surface area (Å²) in [4.78, 5) is 0.192. The third kappa shape index (κ3) is 4.69. The molecule has 0 saturated heterocycles. The van der Waals surface area contributed by atoms with E-state index in [-0.39, 0.29) is 10.3 Å². The third-order valence-electron chi connectivity index (χ3n) is 3.32. The normalized spacial score (nSPS) is 12.5. The van der Waals surface area contributed by atoms with Crippen LogP contribution in [0.5, 0.6) is 5.75 Å². The fourth-order valence-electron chi connectivity index (χ4n) is 2.21. The number of benzene rings is 1. The monoisotopic (exact) mass is 329 g/mol. The number of nitrogens with one attached hydrogen (secondary N) is 1. The van der Waals surface area contributed by atoms with Crippen molar-refractivity contribution in [1.29, 1.82) is 0 Å². The summed E-state index contributed by atoms with van der Waals surface area (Å²) >= 11 is 0. The van der Waals surface area contributed by atoms with E-state index in [4.69, 9.17) is 9.47 Å². The zero-order valence-electron chi connectivity index (χ0n) is 14.3. The summed E-state index contributed by atoms with van der Waals surface area (Å²) in [5, 5.41) is 0. The van der Waals surface area contributed by atoms with Crippen molar-refractivity contribution >= 4 is 10.0 Å². The van der Waals surface area contributed by atoms with E-state index >= 15 is 0 Å². The molecule has 0 bridgehead atoms. The van der Waals surface area contributed by atoms with E-state index in [1.807, 2.05) is 33.8 Å². The van der Waals surface area contributed by atoms with Crippen molar-refractivity contribution in [3.63, 3.8) is 0 Å². The van der Waals surface area contributed by atoms with Crippen molar-refractivity contribution in [2.45, 2.75) is 44.4 Å². The first kappa shape index (κ1) is 18.9. The van der Waals surface area contributed by atoms with Crippen LogP contribution in [0.2, 0.25) is 0 Å². The van der Waals surface area contributed by atoms with Gasteiger partial charge in [-0.25, -0.2) is 13.1 Å². The van der Waals surface area contributed by atoms with E-state index < -0.39 is 10.0 Å². The van der Waals surface area contributed by atoms with Gasteiger partial charge in [0, 0.05) is 25.8 Å². The molecule has 0 saturated carbocycles. The van der Waals surface area contributed by atoms with Crippen LogP contribution in [0.25, 0.3) is 0 Å². The largest absolute Gasteiger partial charge is 0.495 e. The van der Waals surface area contributed by atoms with E-state index in [9.17, 15) is 8.42 Å². The topological polar surface area (TPSA) is 64.6 Å². The third-order valence-corrected chi connectivity index (χ3v) is 4.78. The van der Waals surface area contributed by atoms with Crippen LogP contribution in [-0.4, -0.2) is 35.8 Å². The van der Waals surface area contributed by atoms with Gasteiger partial charge in [-0.1, -0.05) is 26.8 Å². The molecule has 0 spiro atoms. The Labute approximate surface area is 134 Å². The molecule has 0 aliphatic rings. The molecule has 22 heavy (non-hydrogen) atoms. The lowest BCUT2D eigenvalue weighted by Gasteiger charge is -2.24. The highest BCUT2D eigenvalue weighted by Crippen LogP contribution is 2.37. The molecule has 126 valence electrons. The highest BCUT2D eigenvalue weighted by molar-refractivity contribution is 7.89. The van der Waals surface area contributed by atoms with Crippen molar-refractivity contribution in [3.8, 4) is 5.75 Å². The van der Waals surface area contributed by atoms with Crippen LogP contribution >= 0.6 is 0 Å². The second-order valence-corrected chi connectivity index (χ2v) is 8.07. The van der Waals surface area contributed by atoms with Crippen LogP contribution in [-0.2, 0) is 20.2 Å². The Morgan fingerprint density at radius 2 is 1.82 bits per heavy atom. The van der Waals surface area contributed by atoms with Crippen LogP contribution in [0.15, 0.2) is 17.0 Å². The van der Waals surface area contributed by atoms with Gasteiger partial charge in [0.2, 0.25) is 10.0 Å². The second-order valence-electron chi connectivity index (χ2n) is 6.34. The van der Waals surface area contributed by atoms with Gasteiger partial charge >= 0.3 is 0 Å². The highest BCUT2D eigenvalue weighted by Gasteiger charge is 2.27. The Morgan fingerprint density at radius 3 is 2.32 bits per heavy atom. The second kappa shape index (κ2) is 7.44. The van der Waals surface area contributed by atoms with Crippen molar-refractivity contribution < 1.29 is 17.9 Å². The van der Waals surface area contributed by atoms with Gasteiger partial charge in [0.15, 0.2) is 0 Å². The molecule has 0 atom stereocenters. The molecule has 0 aromatic heterocycles. The minimum Gasteiger partial charge on any atom is -0.495 e. The summed E-state index contributed by atoms with van der Waals surface area (Å²) in [6.45, 7) is 8.84. The molecule has 1 N–H and O–H groups in total. The van der Waals surface area contributed by atoms with Gasteiger partial charge in [-0.05, 0) is 30.4 Å². The molecular weight excluding hydrogens is 302 g/mol. The number of ether oxygens (including phenoxy) is 2. The highest BCUT2D eigenvalue weighted by atomic mass is 32.2. The van der Waals surface area contributed by atoms with Gasteiger partial charge in [0.25, 0.3) is 0 Å². The maximum absolute atomic E-state index is 12.6. The molecule has 0 amide bonds. The van der Waals surface area contributed by atoms with Gasteiger partial charge in [-0.15, -0.1) is 0 Å². The van der Waals surface area contributed by atoms with E-state index in [0.29, 0.717) is 25.3 Å². The fraction of sp³-hybridized carbons (Fsp3) is 0.625. The molecule has 0 aliphatic carbocycles. The lowest BCUT2D eigenvalue weighted by Crippen LogP contribution is -2.27. The number of hydrogen-bond acceptors (Lipinski definition) is 4. The van der Waals surface area contributed by atoms with Gasteiger partial charge in [0.05, 0.1) is 7.11 Å². The average molecular weight is 329 g/mol. The van der Waals surface area contributed by atoms with Crippen molar-refractivity contribution in [2.24, 2.45) is 0 Å². The standard InChI is InChI=1S/C16H27NO4S/c1-12-10-13(16(2,3)4)15(21-6)14(11-12)22(18,19)17-8-7-9-20-5/h10-11,17H,7-9H2,1-6H3. The van der Waals surface area contributed by atoms with Crippen LogP contribution in [0.3, 0.4) is 0 Å². The number of aryl methyl sites for hydroxylation is 1. The summed E-state index contributed by atoms with van der Waals surface area (Å²) in [7, 11) is -0.525. The zero-order valence-corrected chi connectivity index (χ0v) is 15.1. The molecule has 0 radical (unpaired) electrons. The van der Waals surface area contributed by atoms with Gasteiger partial charge < -0.3 is 9.47 Å². The molecule has 0 fully saturated rings. The Kier molecular flexibility index (Phi) is 6.40. The molecule has 5 nitrogen and oxygen atoms in total. The molecule has 0 heterocycles. The Bertz CT molecular complexity index is 603. The Morgan fingerprint density at radius 1 is 1.18 bits per heavy atom. The van der Waals surface area contributed by atoms with E-state index in [0.717, 1.165) is 11.1 Å². The number of hydrogen-bond donors (Lipinski definition) is 1. The molecule has 1 rings (SSSR count). The van der Waals surface area contributed by atoms with Crippen molar-refractivity contribution in [3.05, 3.63) is 23.3 Å². The first-order chi connectivity index (χ1) is 10.1. The first-order valence-electron chi connectivity index (χ1n) is 7.31. The molecular formula is C16H27NO4S. The molecule has 0 aliphatic heterocycles. The maximum Gasteiger partial charge on any atom is 0.244 e.